The van der Waals surface area contributed by atoms with E-state index in [4.69, 9.17) is 4.74 Å². The third kappa shape index (κ3) is 2.68. The Morgan fingerprint density at radius 1 is 1.63 bits per heavy atom. The monoisotopic (exact) mass is 280 g/mol. The number of hydrogen-bond donors (Lipinski definition) is 1. The Morgan fingerprint density at radius 2 is 2.53 bits per heavy atom. The average Bonchev–Trinajstić information content (AvgIpc) is 3.08. The fourth-order valence-electron chi connectivity index (χ4n) is 3.23. The van der Waals surface area contributed by atoms with Gasteiger partial charge < -0.3 is 10.1 Å². The number of amides is 1. The van der Waals surface area contributed by atoms with Crippen LogP contribution in [-0.4, -0.2) is 43.2 Å². The standard InChI is InChI=1S/C14H20N2O2S/c1-15-14(17)10-7-13-12(4-5-18-13)16(8-10)9-11-3-2-6-19-11/h2-3,6,10,12-13H,4-5,7-9H2,1H3,(H,15,17)/t10-,12+,13+/m0/s1. The summed E-state index contributed by atoms with van der Waals surface area (Å²) in [5, 5.41) is 4.88. The summed E-state index contributed by atoms with van der Waals surface area (Å²) in [5.41, 5.74) is 0. The van der Waals surface area contributed by atoms with Crippen LogP contribution in [0.15, 0.2) is 17.5 Å². The van der Waals surface area contributed by atoms with Gasteiger partial charge in [0, 0.05) is 37.7 Å². The van der Waals surface area contributed by atoms with Crippen LogP contribution in [0.3, 0.4) is 0 Å². The first-order valence-corrected chi connectivity index (χ1v) is 7.75. The maximum Gasteiger partial charge on any atom is 0.224 e. The van der Waals surface area contributed by atoms with Gasteiger partial charge in [-0.3, -0.25) is 9.69 Å². The maximum atomic E-state index is 11.9. The number of piperidine rings is 1. The number of nitrogens with one attached hydrogen (secondary N) is 1. The molecule has 2 saturated heterocycles. The van der Waals surface area contributed by atoms with Crippen molar-refractivity contribution in [2.75, 3.05) is 20.2 Å². The van der Waals surface area contributed by atoms with Gasteiger partial charge >= 0.3 is 0 Å². The number of likely N-dealkylation sites (tertiary alicyclic amines) is 1. The fraction of sp³-hybridized carbons (Fsp3) is 0.643. The van der Waals surface area contributed by atoms with Crippen molar-refractivity contribution >= 4 is 17.2 Å². The van der Waals surface area contributed by atoms with Crippen molar-refractivity contribution in [2.24, 2.45) is 5.92 Å². The van der Waals surface area contributed by atoms with Crippen LogP contribution in [0.25, 0.3) is 0 Å². The summed E-state index contributed by atoms with van der Waals surface area (Å²) in [5.74, 6) is 0.203. The zero-order valence-electron chi connectivity index (χ0n) is 11.2. The highest BCUT2D eigenvalue weighted by atomic mass is 32.1. The summed E-state index contributed by atoms with van der Waals surface area (Å²) in [4.78, 5) is 15.7. The molecule has 5 heteroatoms. The zero-order chi connectivity index (χ0) is 13.2. The minimum Gasteiger partial charge on any atom is -0.377 e. The Morgan fingerprint density at radius 3 is 3.26 bits per heavy atom. The first-order chi connectivity index (χ1) is 9.28. The van der Waals surface area contributed by atoms with Gasteiger partial charge in [-0.15, -0.1) is 11.3 Å². The van der Waals surface area contributed by atoms with Crippen molar-refractivity contribution in [3.63, 3.8) is 0 Å². The SMILES string of the molecule is CNC(=O)[C@H]1C[C@H]2OCC[C@H]2N(Cc2cccs2)C1. The van der Waals surface area contributed by atoms with Crippen LogP contribution in [0.5, 0.6) is 0 Å². The fourth-order valence-corrected chi connectivity index (χ4v) is 3.96. The Bertz CT molecular complexity index is 435. The van der Waals surface area contributed by atoms with Gasteiger partial charge in [0.2, 0.25) is 5.91 Å². The highest BCUT2D eigenvalue weighted by molar-refractivity contribution is 7.09. The highest BCUT2D eigenvalue weighted by Gasteiger charge is 2.41. The minimum absolute atomic E-state index is 0.0595. The van der Waals surface area contributed by atoms with Gasteiger partial charge in [0.05, 0.1) is 12.0 Å². The quantitative estimate of drug-likeness (QED) is 0.912. The lowest BCUT2D eigenvalue weighted by atomic mass is 9.89. The van der Waals surface area contributed by atoms with Crippen molar-refractivity contribution < 1.29 is 9.53 Å². The van der Waals surface area contributed by atoms with Gasteiger partial charge in [-0.05, 0) is 24.3 Å². The van der Waals surface area contributed by atoms with E-state index in [0.717, 1.165) is 32.5 Å². The van der Waals surface area contributed by atoms with Crippen molar-refractivity contribution in [3.8, 4) is 0 Å². The molecule has 1 amide bonds. The molecule has 104 valence electrons. The molecule has 1 aromatic rings. The molecule has 2 fully saturated rings. The lowest BCUT2D eigenvalue weighted by molar-refractivity contribution is -0.129. The molecule has 0 saturated carbocycles. The van der Waals surface area contributed by atoms with Crippen LogP contribution < -0.4 is 5.32 Å². The molecule has 19 heavy (non-hydrogen) atoms. The van der Waals surface area contributed by atoms with E-state index in [0.29, 0.717) is 6.04 Å². The van der Waals surface area contributed by atoms with Gasteiger partial charge in [-0.25, -0.2) is 0 Å². The summed E-state index contributed by atoms with van der Waals surface area (Å²) in [7, 11) is 1.72. The summed E-state index contributed by atoms with van der Waals surface area (Å²) >= 11 is 1.78. The Kier molecular flexibility index (Phi) is 3.86. The van der Waals surface area contributed by atoms with E-state index in [1.54, 1.807) is 18.4 Å². The van der Waals surface area contributed by atoms with E-state index in [9.17, 15) is 4.79 Å². The van der Waals surface area contributed by atoms with Crippen LogP contribution in [0.4, 0.5) is 0 Å². The second kappa shape index (κ2) is 5.61. The highest BCUT2D eigenvalue weighted by Crippen LogP contribution is 2.32. The second-order valence-corrected chi connectivity index (χ2v) is 6.35. The molecule has 1 aromatic heterocycles. The summed E-state index contributed by atoms with van der Waals surface area (Å²) in [6.07, 6.45) is 2.19. The molecule has 3 heterocycles. The summed E-state index contributed by atoms with van der Waals surface area (Å²) < 4.78 is 5.81. The van der Waals surface area contributed by atoms with Crippen molar-refractivity contribution in [1.82, 2.24) is 10.2 Å². The van der Waals surface area contributed by atoms with Crippen LogP contribution >= 0.6 is 11.3 Å². The molecule has 0 unspecified atom stereocenters. The third-order valence-corrected chi connectivity index (χ3v) is 5.03. The molecule has 2 aliphatic rings. The number of carbonyl (C=O) groups is 1. The summed E-state index contributed by atoms with van der Waals surface area (Å²) in [6, 6.07) is 4.74. The van der Waals surface area contributed by atoms with Crippen LogP contribution in [0, 0.1) is 5.92 Å². The first kappa shape index (κ1) is 13.1. The van der Waals surface area contributed by atoms with Crippen molar-refractivity contribution in [3.05, 3.63) is 22.4 Å². The predicted molar refractivity (Wildman–Crippen MR) is 75.0 cm³/mol. The smallest absolute Gasteiger partial charge is 0.224 e. The average molecular weight is 280 g/mol. The lowest BCUT2D eigenvalue weighted by Gasteiger charge is -2.39. The van der Waals surface area contributed by atoms with Crippen LogP contribution in [-0.2, 0) is 16.1 Å². The molecule has 0 spiro atoms. The largest absolute Gasteiger partial charge is 0.377 e. The zero-order valence-corrected chi connectivity index (χ0v) is 12.0. The maximum absolute atomic E-state index is 11.9. The number of hydrogen-bond acceptors (Lipinski definition) is 4. The minimum atomic E-state index is 0.0595. The van der Waals surface area contributed by atoms with Crippen LogP contribution in [0.2, 0.25) is 0 Å². The van der Waals surface area contributed by atoms with Crippen molar-refractivity contribution in [2.45, 2.75) is 31.5 Å². The van der Waals surface area contributed by atoms with Gasteiger partial charge in [-0.1, -0.05) is 6.07 Å². The number of fused-ring (bicyclic) bond motifs is 1. The molecule has 0 aromatic carbocycles. The van der Waals surface area contributed by atoms with Crippen molar-refractivity contribution in [1.29, 1.82) is 0 Å². The van der Waals surface area contributed by atoms with Gasteiger partial charge in [0.1, 0.15) is 0 Å². The van der Waals surface area contributed by atoms with E-state index < -0.39 is 0 Å². The number of carbonyl (C=O) groups excluding carboxylic acids is 1. The second-order valence-electron chi connectivity index (χ2n) is 5.32. The van der Waals surface area contributed by atoms with E-state index in [2.05, 4.69) is 27.7 Å². The topological polar surface area (TPSA) is 41.6 Å². The van der Waals surface area contributed by atoms with E-state index in [1.165, 1.54) is 4.88 Å². The van der Waals surface area contributed by atoms with E-state index in [1.807, 2.05) is 0 Å². The third-order valence-electron chi connectivity index (χ3n) is 4.17. The Labute approximate surface area is 117 Å². The first-order valence-electron chi connectivity index (χ1n) is 6.87. The molecule has 2 aliphatic heterocycles. The molecule has 0 radical (unpaired) electrons. The predicted octanol–water partition coefficient (Wildman–Crippen LogP) is 1.47. The molecule has 3 rings (SSSR count). The Hall–Kier alpha value is -0.910. The lowest BCUT2D eigenvalue weighted by Crippen LogP contribution is -2.52. The molecule has 1 N–H and O–H groups in total. The molecular formula is C14H20N2O2S. The molecule has 0 bridgehead atoms. The number of rotatable bonds is 3. The molecule has 3 atom stereocenters. The number of thiophene rings is 1. The molecular weight excluding hydrogens is 260 g/mol. The van der Waals surface area contributed by atoms with Gasteiger partial charge in [0.25, 0.3) is 0 Å². The summed E-state index contributed by atoms with van der Waals surface area (Å²) in [6.45, 7) is 2.62. The Balaban J connectivity index is 1.74. The number of ether oxygens (including phenoxy) is 1. The number of nitrogens with zero attached hydrogens (tertiary/aromatic N) is 1. The van der Waals surface area contributed by atoms with E-state index in [-0.39, 0.29) is 17.9 Å². The van der Waals surface area contributed by atoms with Gasteiger partial charge in [0.15, 0.2) is 0 Å². The van der Waals surface area contributed by atoms with Gasteiger partial charge in [-0.2, -0.15) is 0 Å². The normalized spacial score (nSPS) is 31.1. The molecule has 4 nitrogen and oxygen atoms in total. The molecule has 0 aliphatic carbocycles. The van der Waals surface area contributed by atoms with E-state index >= 15 is 0 Å². The van der Waals surface area contributed by atoms with Crippen LogP contribution in [0.1, 0.15) is 17.7 Å².